The van der Waals surface area contributed by atoms with E-state index in [-0.39, 0.29) is 5.78 Å². The third-order valence-corrected chi connectivity index (χ3v) is 3.38. The molecule has 0 saturated carbocycles. The number of halogens is 1. The van der Waals surface area contributed by atoms with E-state index in [0.717, 1.165) is 16.8 Å². The summed E-state index contributed by atoms with van der Waals surface area (Å²) in [6.07, 6.45) is 0. The van der Waals surface area contributed by atoms with Crippen molar-refractivity contribution in [2.24, 2.45) is 0 Å². The van der Waals surface area contributed by atoms with Crippen molar-refractivity contribution in [1.82, 2.24) is 0 Å². The first-order chi connectivity index (χ1) is 8.99. The molecule has 0 fully saturated rings. The van der Waals surface area contributed by atoms with Gasteiger partial charge < -0.3 is 4.90 Å². The van der Waals surface area contributed by atoms with E-state index in [1.165, 1.54) is 0 Å². The van der Waals surface area contributed by atoms with Crippen LogP contribution in [0.3, 0.4) is 0 Å². The van der Waals surface area contributed by atoms with Gasteiger partial charge >= 0.3 is 0 Å². The van der Waals surface area contributed by atoms with Crippen molar-refractivity contribution in [3.63, 3.8) is 0 Å². The molecule has 0 spiro atoms. The van der Waals surface area contributed by atoms with Crippen LogP contribution in [0.1, 0.15) is 17.3 Å². The topological polar surface area (TPSA) is 20.3 Å². The molecule has 0 saturated heterocycles. The predicted molar refractivity (Wildman–Crippen MR) is 81.2 cm³/mol. The quantitative estimate of drug-likeness (QED) is 0.778. The number of carbonyl (C=O) groups is 1. The molecule has 98 valence electrons. The Balaban J connectivity index is 2.54. The lowest BCUT2D eigenvalue weighted by molar-refractivity contribution is 0.101. The Bertz CT molecular complexity index is 620. The Kier molecular flexibility index (Phi) is 3.91. The standard InChI is InChI=1S/C16H16ClNO/c1-11(19)12-7-8-16(17)15(10-12)13-5-4-6-14(9-13)18(2)3/h4-10H,1-3H3. The Morgan fingerprint density at radius 3 is 2.47 bits per heavy atom. The van der Waals surface area contributed by atoms with Crippen molar-refractivity contribution in [3.05, 3.63) is 53.1 Å². The molecular weight excluding hydrogens is 258 g/mol. The van der Waals surface area contributed by atoms with Crippen molar-refractivity contribution in [1.29, 1.82) is 0 Å². The molecule has 0 aliphatic carbocycles. The van der Waals surface area contributed by atoms with Crippen molar-refractivity contribution in [3.8, 4) is 11.1 Å². The molecule has 2 aromatic carbocycles. The Morgan fingerprint density at radius 1 is 1.11 bits per heavy atom. The van der Waals surface area contributed by atoms with E-state index < -0.39 is 0 Å². The number of carbonyl (C=O) groups excluding carboxylic acids is 1. The molecule has 2 rings (SSSR count). The lowest BCUT2D eigenvalue weighted by Crippen LogP contribution is -2.08. The molecule has 0 aromatic heterocycles. The van der Waals surface area contributed by atoms with E-state index >= 15 is 0 Å². The number of rotatable bonds is 3. The van der Waals surface area contributed by atoms with Crippen LogP contribution >= 0.6 is 11.6 Å². The summed E-state index contributed by atoms with van der Waals surface area (Å²) in [4.78, 5) is 13.5. The number of nitrogens with zero attached hydrogens (tertiary/aromatic N) is 1. The summed E-state index contributed by atoms with van der Waals surface area (Å²) >= 11 is 6.24. The van der Waals surface area contributed by atoms with Crippen LogP contribution in [0, 0.1) is 0 Å². The fourth-order valence-electron chi connectivity index (χ4n) is 1.92. The van der Waals surface area contributed by atoms with Crippen LogP contribution in [0.2, 0.25) is 5.02 Å². The molecule has 0 N–H and O–H groups in total. The van der Waals surface area contributed by atoms with Gasteiger partial charge in [-0.1, -0.05) is 23.7 Å². The zero-order valence-corrected chi connectivity index (χ0v) is 12.0. The first-order valence-electron chi connectivity index (χ1n) is 6.07. The number of hydrogen-bond donors (Lipinski definition) is 0. The minimum atomic E-state index is 0.0432. The van der Waals surface area contributed by atoms with Gasteiger partial charge in [-0.3, -0.25) is 4.79 Å². The fraction of sp³-hybridized carbons (Fsp3) is 0.188. The van der Waals surface area contributed by atoms with Gasteiger partial charge in [0.05, 0.1) is 0 Å². The second kappa shape index (κ2) is 5.45. The molecule has 19 heavy (non-hydrogen) atoms. The van der Waals surface area contributed by atoms with Crippen molar-refractivity contribution in [2.75, 3.05) is 19.0 Å². The van der Waals surface area contributed by atoms with Gasteiger partial charge in [0, 0.05) is 35.9 Å². The molecule has 0 aliphatic rings. The minimum Gasteiger partial charge on any atom is -0.378 e. The number of hydrogen-bond acceptors (Lipinski definition) is 2. The highest BCUT2D eigenvalue weighted by atomic mass is 35.5. The normalized spacial score (nSPS) is 10.3. The maximum Gasteiger partial charge on any atom is 0.159 e. The minimum absolute atomic E-state index is 0.0432. The zero-order chi connectivity index (χ0) is 14.0. The lowest BCUT2D eigenvalue weighted by atomic mass is 10.0. The fourth-order valence-corrected chi connectivity index (χ4v) is 2.14. The summed E-state index contributed by atoms with van der Waals surface area (Å²) in [5.74, 6) is 0.0432. The van der Waals surface area contributed by atoms with Crippen LogP contribution in [-0.2, 0) is 0 Å². The van der Waals surface area contributed by atoms with E-state index in [0.29, 0.717) is 10.6 Å². The van der Waals surface area contributed by atoms with Crippen LogP contribution in [0.25, 0.3) is 11.1 Å². The van der Waals surface area contributed by atoms with Gasteiger partial charge in [0.2, 0.25) is 0 Å². The van der Waals surface area contributed by atoms with E-state index in [4.69, 9.17) is 11.6 Å². The second-order valence-corrected chi connectivity index (χ2v) is 5.10. The molecule has 0 amide bonds. The van der Waals surface area contributed by atoms with Crippen molar-refractivity contribution in [2.45, 2.75) is 6.92 Å². The van der Waals surface area contributed by atoms with E-state index in [9.17, 15) is 4.79 Å². The molecule has 2 aromatic rings. The zero-order valence-electron chi connectivity index (χ0n) is 11.3. The summed E-state index contributed by atoms with van der Waals surface area (Å²) in [6, 6.07) is 13.5. The van der Waals surface area contributed by atoms with Gasteiger partial charge in [0.15, 0.2) is 5.78 Å². The SMILES string of the molecule is CC(=O)c1ccc(Cl)c(-c2cccc(N(C)C)c2)c1. The summed E-state index contributed by atoms with van der Waals surface area (Å²) < 4.78 is 0. The number of Topliss-reactive ketones (excluding diaryl/α,β-unsaturated/α-hetero) is 1. The van der Waals surface area contributed by atoms with Gasteiger partial charge in [0.1, 0.15) is 0 Å². The Hall–Kier alpha value is -1.80. The van der Waals surface area contributed by atoms with Crippen molar-refractivity contribution >= 4 is 23.1 Å². The van der Waals surface area contributed by atoms with E-state index in [1.54, 1.807) is 19.1 Å². The van der Waals surface area contributed by atoms with Crippen LogP contribution in [0.15, 0.2) is 42.5 Å². The van der Waals surface area contributed by atoms with Crippen LogP contribution in [-0.4, -0.2) is 19.9 Å². The summed E-state index contributed by atoms with van der Waals surface area (Å²) in [7, 11) is 3.99. The highest BCUT2D eigenvalue weighted by Crippen LogP contribution is 2.31. The average molecular weight is 274 g/mol. The van der Waals surface area contributed by atoms with Crippen LogP contribution in [0.4, 0.5) is 5.69 Å². The molecule has 3 heteroatoms. The maximum atomic E-state index is 11.5. The smallest absolute Gasteiger partial charge is 0.159 e. The third kappa shape index (κ3) is 2.96. The number of ketones is 1. The molecule has 0 unspecified atom stereocenters. The average Bonchev–Trinajstić information content (AvgIpc) is 2.39. The van der Waals surface area contributed by atoms with Gasteiger partial charge in [-0.2, -0.15) is 0 Å². The van der Waals surface area contributed by atoms with Crippen molar-refractivity contribution < 1.29 is 4.79 Å². The first-order valence-corrected chi connectivity index (χ1v) is 6.45. The number of anilines is 1. The largest absolute Gasteiger partial charge is 0.378 e. The lowest BCUT2D eigenvalue weighted by Gasteiger charge is -2.14. The number of benzene rings is 2. The monoisotopic (exact) mass is 273 g/mol. The second-order valence-electron chi connectivity index (χ2n) is 4.70. The highest BCUT2D eigenvalue weighted by molar-refractivity contribution is 6.33. The van der Waals surface area contributed by atoms with E-state index in [2.05, 4.69) is 6.07 Å². The van der Waals surface area contributed by atoms with Gasteiger partial charge in [-0.05, 0) is 42.8 Å². The molecular formula is C16H16ClNO. The predicted octanol–water partition coefficient (Wildman–Crippen LogP) is 4.28. The van der Waals surface area contributed by atoms with Gasteiger partial charge in [-0.25, -0.2) is 0 Å². The van der Waals surface area contributed by atoms with E-state index in [1.807, 2.05) is 43.3 Å². The molecule has 0 bridgehead atoms. The molecule has 0 atom stereocenters. The molecule has 0 aliphatic heterocycles. The molecule has 0 heterocycles. The molecule has 2 nitrogen and oxygen atoms in total. The van der Waals surface area contributed by atoms with Gasteiger partial charge in [0.25, 0.3) is 0 Å². The van der Waals surface area contributed by atoms with Crippen LogP contribution < -0.4 is 4.90 Å². The van der Waals surface area contributed by atoms with Gasteiger partial charge in [-0.15, -0.1) is 0 Å². The third-order valence-electron chi connectivity index (χ3n) is 3.05. The van der Waals surface area contributed by atoms with Crippen LogP contribution in [0.5, 0.6) is 0 Å². The summed E-state index contributed by atoms with van der Waals surface area (Å²) in [6.45, 7) is 1.56. The molecule has 0 radical (unpaired) electrons. The first kappa shape index (κ1) is 13.6. The highest BCUT2D eigenvalue weighted by Gasteiger charge is 2.08. The maximum absolute atomic E-state index is 11.5. The Labute approximate surface area is 118 Å². The summed E-state index contributed by atoms with van der Waals surface area (Å²) in [5.41, 5.74) is 3.67. The summed E-state index contributed by atoms with van der Waals surface area (Å²) in [5, 5.41) is 0.654. The Morgan fingerprint density at radius 2 is 1.84 bits per heavy atom.